The smallest absolute Gasteiger partial charge is 0.141 e. The van der Waals surface area contributed by atoms with Crippen molar-refractivity contribution in [1.82, 2.24) is 4.90 Å². The molecule has 1 aliphatic carbocycles. The lowest BCUT2D eigenvalue weighted by Crippen LogP contribution is -2.20. The Morgan fingerprint density at radius 1 is 1.50 bits per heavy atom. The number of Topliss-reactive ketones (excluding diaryl/α,β-unsaturated/α-hetero) is 1. The molecule has 0 radical (unpaired) electrons. The summed E-state index contributed by atoms with van der Waals surface area (Å²) in [6, 6.07) is 0. The molecular formula is C10H11NO. The first-order valence-corrected chi connectivity index (χ1v) is 4.10. The Balaban J connectivity index is 2.38. The van der Waals surface area contributed by atoms with Crippen LogP contribution in [0, 0.1) is 0 Å². The largest absolute Gasteiger partial charge is 0.351 e. The van der Waals surface area contributed by atoms with Gasteiger partial charge in [0, 0.05) is 31.8 Å². The molecule has 0 fully saturated rings. The third-order valence-corrected chi connectivity index (χ3v) is 2.23. The van der Waals surface area contributed by atoms with E-state index in [0.29, 0.717) is 18.6 Å². The van der Waals surface area contributed by atoms with Gasteiger partial charge in [-0.05, 0) is 11.6 Å². The van der Waals surface area contributed by atoms with Gasteiger partial charge in [0.15, 0.2) is 0 Å². The zero-order chi connectivity index (χ0) is 8.55. The maximum Gasteiger partial charge on any atom is 0.141 e. The molecule has 2 heteroatoms. The molecule has 0 spiro atoms. The number of allylic oxidation sites excluding steroid dienone is 4. The Bertz CT molecular complexity index is 310. The highest BCUT2D eigenvalue weighted by Crippen LogP contribution is 2.26. The van der Waals surface area contributed by atoms with Crippen molar-refractivity contribution in [2.24, 2.45) is 0 Å². The van der Waals surface area contributed by atoms with Crippen LogP contribution in [0.1, 0.15) is 12.8 Å². The summed E-state index contributed by atoms with van der Waals surface area (Å²) in [5.74, 6) is 0.314. The minimum Gasteiger partial charge on any atom is -0.351 e. The Labute approximate surface area is 71.9 Å². The van der Waals surface area contributed by atoms with E-state index in [0.717, 1.165) is 5.57 Å². The topological polar surface area (TPSA) is 20.3 Å². The number of rotatable bonds is 0. The van der Waals surface area contributed by atoms with E-state index in [1.807, 2.05) is 31.5 Å². The summed E-state index contributed by atoms with van der Waals surface area (Å²) >= 11 is 0. The molecule has 0 atom stereocenters. The van der Waals surface area contributed by atoms with Gasteiger partial charge in [-0.3, -0.25) is 4.79 Å². The third-order valence-electron chi connectivity index (χ3n) is 2.23. The lowest BCUT2D eigenvalue weighted by atomic mass is 9.95. The molecule has 62 valence electrons. The second-order valence-corrected chi connectivity index (χ2v) is 3.15. The van der Waals surface area contributed by atoms with E-state index < -0.39 is 0 Å². The van der Waals surface area contributed by atoms with E-state index in [4.69, 9.17) is 0 Å². The van der Waals surface area contributed by atoms with E-state index in [1.54, 1.807) is 0 Å². The van der Waals surface area contributed by atoms with Crippen molar-refractivity contribution in [3.8, 4) is 0 Å². The van der Waals surface area contributed by atoms with Crippen LogP contribution in [0.25, 0.3) is 0 Å². The lowest BCUT2D eigenvalue weighted by Gasteiger charge is -2.26. The van der Waals surface area contributed by atoms with Crippen LogP contribution in [0.3, 0.4) is 0 Å². The number of hydrogen-bond donors (Lipinski definition) is 0. The highest BCUT2D eigenvalue weighted by Gasteiger charge is 2.18. The number of ketones is 1. The molecule has 0 aromatic rings. The van der Waals surface area contributed by atoms with E-state index in [-0.39, 0.29) is 0 Å². The normalized spacial score (nSPS) is 21.8. The van der Waals surface area contributed by atoms with E-state index in [1.165, 1.54) is 5.70 Å². The molecule has 1 aliphatic heterocycles. The van der Waals surface area contributed by atoms with Gasteiger partial charge in [-0.2, -0.15) is 0 Å². The Hall–Kier alpha value is -1.31. The maximum absolute atomic E-state index is 11.1. The van der Waals surface area contributed by atoms with Gasteiger partial charge in [0.2, 0.25) is 0 Å². The Morgan fingerprint density at radius 2 is 2.33 bits per heavy atom. The zero-order valence-electron chi connectivity index (χ0n) is 7.08. The molecule has 2 aliphatic rings. The second kappa shape index (κ2) is 2.63. The van der Waals surface area contributed by atoms with Gasteiger partial charge >= 0.3 is 0 Å². The van der Waals surface area contributed by atoms with Crippen LogP contribution in [0.5, 0.6) is 0 Å². The second-order valence-electron chi connectivity index (χ2n) is 3.15. The van der Waals surface area contributed by atoms with Crippen LogP contribution in [-0.4, -0.2) is 17.7 Å². The quantitative estimate of drug-likeness (QED) is 0.538. The lowest BCUT2D eigenvalue weighted by molar-refractivity contribution is -0.117. The number of nitrogens with zero attached hydrogens (tertiary/aromatic N) is 1. The monoisotopic (exact) mass is 161 g/mol. The predicted molar refractivity (Wildman–Crippen MR) is 47.3 cm³/mol. The van der Waals surface area contributed by atoms with Gasteiger partial charge in [-0.15, -0.1) is 0 Å². The highest BCUT2D eigenvalue weighted by atomic mass is 16.1. The first-order chi connectivity index (χ1) is 5.77. The summed E-state index contributed by atoms with van der Waals surface area (Å²) in [4.78, 5) is 13.2. The first kappa shape index (κ1) is 7.35. The predicted octanol–water partition coefficient (Wildman–Crippen LogP) is 1.62. The fraction of sp³-hybridized carbons (Fsp3) is 0.300. The molecule has 2 nitrogen and oxygen atoms in total. The summed E-state index contributed by atoms with van der Waals surface area (Å²) in [7, 11) is 2.01. The maximum atomic E-state index is 11.1. The van der Waals surface area contributed by atoms with Crippen LogP contribution in [0.4, 0.5) is 0 Å². The summed E-state index contributed by atoms with van der Waals surface area (Å²) < 4.78 is 0. The van der Waals surface area contributed by atoms with Crippen molar-refractivity contribution in [1.29, 1.82) is 0 Å². The molecule has 0 amide bonds. The van der Waals surface area contributed by atoms with Gasteiger partial charge in [0.1, 0.15) is 5.78 Å². The van der Waals surface area contributed by atoms with Crippen molar-refractivity contribution in [2.75, 3.05) is 7.05 Å². The van der Waals surface area contributed by atoms with Crippen LogP contribution in [0.15, 0.2) is 35.7 Å². The summed E-state index contributed by atoms with van der Waals surface area (Å²) in [5.41, 5.74) is 2.34. The third kappa shape index (κ3) is 1.09. The fourth-order valence-corrected chi connectivity index (χ4v) is 1.60. The van der Waals surface area contributed by atoms with Gasteiger partial charge in [-0.25, -0.2) is 0 Å². The van der Waals surface area contributed by atoms with Gasteiger partial charge in [0.05, 0.1) is 0 Å². The van der Waals surface area contributed by atoms with E-state index >= 15 is 0 Å². The number of hydrogen-bond acceptors (Lipinski definition) is 2. The molecule has 0 aromatic heterocycles. The fourth-order valence-electron chi connectivity index (χ4n) is 1.60. The van der Waals surface area contributed by atoms with Gasteiger partial charge in [0.25, 0.3) is 0 Å². The summed E-state index contributed by atoms with van der Waals surface area (Å²) in [6.07, 6.45) is 9.19. The number of carbonyl (C=O) groups excluding carboxylic acids is 1. The summed E-state index contributed by atoms with van der Waals surface area (Å²) in [6.45, 7) is 0. The molecule has 0 aromatic carbocycles. The molecule has 1 heterocycles. The number of likely N-dealkylation sites (N-methyl/N-ethyl adjacent to an activating group) is 1. The molecule has 0 saturated carbocycles. The van der Waals surface area contributed by atoms with Gasteiger partial charge < -0.3 is 4.90 Å². The number of carbonyl (C=O) groups is 1. The van der Waals surface area contributed by atoms with E-state index in [9.17, 15) is 4.79 Å². The molecular weight excluding hydrogens is 150 g/mol. The number of fused-ring (bicyclic) bond motifs is 1. The minimum atomic E-state index is 0.314. The van der Waals surface area contributed by atoms with Crippen molar-refractivity contribution in [3.63, 3.8) is 0 Å². The van der Waals surface area contributed by atoms with Crippen molar-refractivity contribution >= 4 is 5.78 Å². The van der Waals surface area contributed by atoms with Crippen molar-refractivity contribution < 1.29 is 4.79 Å². The van der Waals surface area contributed by atoms with Crippen LogP contribution >= 0.6 is 0 Å². The summed E-state index contributed by atoms with van der Waals surface area (Å²) in [5, 5.41) is 0. The van der Waals surface area contributed by atoms with Crippen LogP contribution < -0.4 is 0 Å². The van der Waals surface area contributed by atoms with Gasteiger partial charge in [-0.1, -0.05) is 12.2 Å². The molecule has 0 bridgehead atoms. The molecule has 12 heavy (non-hydrogen) atoms. The van der Waals surface area contributed by atoms with Crippen LogP contribution in [-0.2, 0) is 4.79 Å². The average Bonchev–Trinajstić information content (AvgIpc) is 2.04. The standard InChI is InChI=1S/C10H11NO/c1-11-6-2-3-8-7-9(12)4-5-10(8)11/h2-3,5-6H,4,7H2,1H3. The van der Waals surface area contributed by atoms with Crippen molar-refractivity contribution in [2.45, 2.75) is 12.8 Å². The molecule has 0 N–H and O–H groups in total. The highest BCUT2D eigenvalue weighted by molar-refractivity contribution is 5.85. The average molecular weight is 161 g/mol. The Kier molecular flexibility index (Phi) is 1.61. The van der Waals surface area contributed by atoms with Crippen molar-refractivity contribution in [3.05, 3.63) is 35.7 Å². The molecule has 0 unspecified atom stereocenters. The molecule has 0 saturated heterocycles. The first-order valence-electron chi connectivity index (χ1n) is 4.10. The van der Waals surface area contributed by atoms with Crippen LogP contribution in [0.2, 0.25) is 0 Å². The zero-order valence-corrected chi connectivity index (χ0v) is 7.08. The van der Waals surface area contributed by atoms with E-state index in [2.05, 4.69) is 4.90 Å². The Morgan fingerprint density at radius 3 is 3.17 bits per heavy atom. The SMILES string of the molecule is CN1C=CC=C2CC(=O)CC=C21. The molecule has 2 rings (SSSR count). The minimum absolute atomic E-state index is 0.314.